The first-order valence-electron chi connectivity index (χ1n) is 7.07. The van der Waals surface area contributed by atoms with Crippen molar-refractivity contribution in [3.05, 3.63) is 35.9 Å². The Balaban J connectivity index is 2.09. The van der Waals surface area contributed by atoms with Crippen molar-refractivity contribution in [3.8, 4) is 0 Å². The van der Waals surface area contributed by atoms with E-state index in [1.54, 1.807) is 30.3 Å². The van der Waals surface area contributed by atoms with Crippen LogP contribution in [0.2, 0.25) is 0 Å². The molecule has 126 valence electrons. The normalized spacial score (nSPS) is 21.8. The summed E-state index contributed by atoms with van der Waals surface area (Å²) in [7, 11) is 0. The second kappa shape index (κ2) is 6.89. The maximum Gasteiger partial charge on any atom is 0.410 e. The Morgan fingerprint density at radius 1 is 1.26 bits per heavy atom. The summed E-state index contributed by atoms with van der Waals surface area (Å²) in [4.78, 5) is 23.9. The number of aliphatic carboxylic acids is 1. The summed E-state index contributed by atoms with van der Waals surface area (Å²) >= 11 is 0. The first-order valence-corrected chi connectivity index (χ1v) is 7.07. The summed E-state index contributed by atoms with van der Waals surface area (Å²) in [6.45, 7) is -0.198. The first kappa shape index (κ1) is 17.1. The molecule has 0 radical (unpaired) electrons. The topological polar surface area (TPSA) is 66.8 Å². The lowest BCUT2D eigenvalue weighted by atomic mass is 9.89. The Morgan fingerprint density at radius 3 is 2.48 bits per heavy atom. The van der Waals surface area contributed by atoms with Gasteiger partial charge in [0.15, 0.2) is 0 Å². The van der Waals surface area contributed by atoms with Crippen molar-refractivity contribution in [2.24, 2.45) is 5.92 Å². The van der Waals surface area contributed by atoms with Gasteiger partial charge < -0.3 is 9.84 Å². The van der Waals surface area contributed by atoms with E-state index in [-0.39, 0.29) is 26.0 Å². The quantitative estimate of drug-likeness (QED) is 0.924. The van der Waals surface area contributed by atoms with Crippen LogP contribution in [0.4, 0.5) is 18.0 Å². The van der Waals surface area contributed by atoms with Crippen LogP contribution in [0.5, 0.6) is 0 Å². The van der Waals surface area contributed by atoms with E-state index in [2.05, 4.69) is 0 Å². The van der Waals surface area contributed by atoms with Crippen LogP contribution < -0.4 is 0 Å². The number of benzene rings is 1. The van der Waals surface area contributed by atoms with Gasteiger partial charge in [-0.15, -0.1) is 0 Å². The van der Waals surface area contributed by atoms with Crippen molar-refractivity contribution in [2.75, 3.05) is 6.54 Å². The second-order valence-corrected chi connectivity index (χ2v) is 5.31. The van der Waals surface area contributed by atoms with Crippen LogP contribution in [0.25, 0.3) is 0 Å². The molecule has 8 heteroatoms. The molecular weight excluding hydrogens is 315 g/mol. The summed E-state index contributed by atoms with van der Waals surface area (Å²) < 4.78 is 44.0. The molecular formula is C15H16F3NO4. The maximum absolute atomic E-state index is 13.0. The molecule has 0 spiro atoms. The van der Waals surface area contributed by atoms with Crippen LogP contribution in [-0.4, -0.2) is 40.8 Å². The van der Waals surface area contributed by atoms with Crippen LogP contribution in [0, 0.1) is 5.92 Å². The molecule has 1 heterocycles. The maximum atomic E-state index is 13.0. The highest BCUT2D eigenvalue weighted by Gasteiger charge is 2.52. The van der Waals surface area contributed by atoms with Gasteiger partial charge in [-0.3, -0.25) is 4.90 Å². The fraction of sp³-hybridized carbons (Fsp3) is 0.467. The highest BCUT2D eigenvalue weighted by molar-refractivity contribution is 5.80. The number of likely N-dealkylation sites (tertiary alicyclic amines) is 1. The summed E-state index contributed by atoms with van der Waals surface area (Å²) in [6, 6.07) is 6.65. The number of hydrogen-bond donors (Lipinski definition) is 1. The fourth-order valence-electron chi connectivity index (χ4n) is 2.65. The average Bonchev–Trinajstić information content (AvgIpc) is 2.52. The number of amides is 1. The van der Waals surface area contributed by atoms with E-state index >= 15 is 0 Å². The van der Waals surface area contributed by atoms with Gasteiger partial charge in [0.25, 0.3) is 0 Å². The molecule has 2 rings (SSSR count). The van der Waals surface area contributed by atoms with Gasteiger partial charge in [0.1, 0.15) is 12.6 Å². The molecule has 1 aromatic rings. The number of piperidine rings is 1. The molecule has 1 fully saturated rings. The number of rotatable bonds is 3. The molecule has 1 amide bonds. The molecule has 2 atom stereocenters. The van der Waals surface area contributed by atoms with E-state index < -0.39 is 30.2 Å². The van der Waals surface area contributed by atoms with Crippen molar-refractivity contribution >= 4 is 12.1 Å². The van der Waals surface area contributed by atoms with Crippen LogP contribution in [0.3, 0.4) is 0 Å². The Kier molecular flexibility index (Phi) is 5.12. The number of ether oxygens (including phenoxy) is 1. The molecule has 0 bridgehead atoms. The van der Waals surface area contributed by atoms with Gasteiger partial charge in [0.2, 0.25) is 0 Å². The van der Waals surface area contributed by atoms with Gasteiger partial charge in [-0.2, -0.15) is 13.2 Å². The first-order chi connectivity index (χ1) is 10.8. The molecule has 0 aliphatic carbocycles. The lowest BCUT2D eigenvalue weighted by Crippen LogP contribution is -2.56. The molecule has 0 unspecified atom stereocenters. The van der Waals surface area contributed by atoms with Crippen molar-refractivity contribution in [1.29, 1.82) is 0 Å². The van der Waals surface area contributed by atoms with Gasteiger partial charge in [0.05, 0.1) is 5.92 Å². The van der Waals surface area contributed by atoms with E-state index in [0.29, 0.717) is 10.5 Å². The lowest BCUT2D eigenvalue weighted by Gasteiger charge is -2.38. The van der Waals surface area contributed by atoms with Crippen molar-refractivity contribution in [2.45, 2.75) is 31.7 Å². The minimum Gasteiger partial charge on any atom is -0.480 e. The third-order valence-electron chi connectivity index (χ3n) is 3.74. The Morgan fingerprint density at radius 2 is 1.91 bits per heavy atom. The number of alkyl halides is 3. The predicted octanol–water partition coefficient (Wildman–Crippen LogP) is 3.05. The van der Waals surface area contributed by atoms with Gasteiger partial charge in [0, 0.05) is 6.54 Å². The zero-order chi connectivity index (χ0) is 17.0. The largest absolute Gasteiger partial charge is 0.480 e. The van der Waals surface area contributed by atoms with E-state index in [1.165, 1.54) is 0 Å². The van der Waals surface area contributed by atoms with Crippen molar-refractivity contribution in [1.82, 2.24) is 4.90 Å². The number of halogens is 3. The van der Waals surface area contributed by atoms with Crippen molar-refractivity contribution in [3.63, 3.8) is 0 Å². The van der Waals surface area contributed by atoms with Gasteiger partial charge in [-0.05, 0) is 18.4 Å². The lowest BCUT2D eigenvalue weighted by molar-refractivity contribution is -0.205. The fourth-order valence-corrected chi connectivity index (χ4v) is 2.65. The average molecular weight is 331 g/mol. The minimum atomic E-state index is -4.68. The zero-order valence-electron chi connectivity index (χ0n) is 12.1. The standard InChI is InChI=1S/C15H16F3NO4/c16-15(17,18)11-7-4-8-19(12(11)13(20)21)14(22)23-9-10-5-2-1-3-6-10/h1-3,5-6,11-12H,4,7-9H2,(H,20,21)/t11-,12+/m1/s1. The van der Waals surface area contributed by atoms with Gasteiger partial charge in [-0.1, -0.05) is 30.3 Å². The number of nitrogens with zero attached hydrogens (tertiary/aromatic N) is 1. The highest BCUT2D eigenvalue weighted by Crippen LogP contribution is 2.37. The molecule has 1 N–H and O–H groups in total. The van der Waals surface area contributed by atoms with E-state index in [0.717, 1.165) is 0 Å². The summed E-state index contributed by atoms with van der Waals surface area (Å²) in [5.41, 5.74) is 0.664. The SMILES string of the molecule is O=C(O)[C@@H]1[C@H](C(F)(F)F)CCCN1C(=O)OCc1ccccc1. The predicted molar refractivity (Wildman–Crippen MR) is 73.5 cm³/mol. The molecule has 1 aliphatic rings. The van der Waals surface area contributed by atoms with Gasteiger partial charge >= 0.3 is 18.2 Å². The van der Waals surface area contributed by atoms with Crippen LogP contribution in [0.15, 0.2) is 30.3 Å². The van der Waals surface area contributed by atoms with E-state index in [4.69, 9.17) is 9.84 Å². The second-order valence-electron chi connectivity index (χ2n) is 5.31. The van der Waals surface area contributed by atoms with E-state index in [1.807, 2.05) is 0 Å². The molecule has 5 nitrogen and oxygen atoms in total. The molecule has 23 heavy (non-hydrogen) atoms. The Hall–Kier alpha value is -2.25. The minimum absolute atomic E-state index is 0.0723. The number of carbonyl (C=O) groups is 2. The molecule has 0 aromatic heterocycles. The Labute approximate surface area is 130 Å². The molecule has 1 saturated heterocycles. The Bertz CT molecular complexity index is 562. The third-order valence-corrected chi connectivity index (χ3v) is 3.74. The number of carbonyl (C=O) groups excluding carboxylic acids is 1. The summed E-state index contributed by atoms with van der Waals surface area (Å²) in [5, 5.41) is 9.13. The van der Waals surface area contributed by atoms with E-state index in [9.17, 15) is 22.8 Å². The molecule has 1 aromatic carbocycles. The zero-order valence-corrected chi connectivity index (χ0v) is 12.1. The smallest absolute Gasteiger partial charge is 0.410 e. The van der Waals surface area contributed by atoms with Crippen LogP contribution in [0.1, 0.15) is 18.4 Å². The van der Waals surface area contributed by atoms with Crippen LogP contribution >= 0.6 is 0 Å². The monoisotopic (exact) mass is 331 g/mol. The third kappa shape index (κ3) is 4.14. The van der Waals surface area contributed by atoms with Gasteiger partial charge in [-0.25, -0.2) is 9.59 Å². The summed E-state index contributed by atoms with van der Waals surface area (Å²) in [6.07, 6.45) is -5.96. The van der Waals surface area contributed by atoms with Crippen molar-refractivity contribution < 1.29 is 32.6 Å². The highest BCUT2D eigenvalue weighted by atomic mass is 19.4. The van der Waals surface area contributed by atoms with Crippen LogP contribution in [-0.2, 0) is 16.1 Å². The number of carboxylic acids is 1. The number of carboxylic acid groups (broad SMARTS) is 1. The summed E-state index contributed by atoms with van der Waals surface area (Å²) in [5.74, 6) is -3.76. The number of hydrogen-bond acceptors (Lipinski definition) is 3. The molecule has 0 saturated carbocycles. The molecule has 1 aliphatic heterocycles.